The van der Waals surface area contributed by atoms with E-state index in [0.29, 0.717) is 6.04 Å². The summed E-state index contributed by atoms with van der Waals surface area (Å²) in [4.78, 5) is 0. The molecular formula is C13H18ClN. The van der Waals surface area contributed by atoms with Crippen molar-refractivity contribution in [2.45, 2.75) is 25.8 Å². The maximum Gasteiger partial charge on any atom is 0.0411 e. The molecule has 1 rings (SSSR count). The highest BCUT2D eigenvalue weighted by molar-refractivity contribution is 6.30. The molecule has 0 fully saturated rings. The Morgan fingerprint density at radius 3 is 2.73 bits per heavy atom. The molecule has 0 saturated carbocycles. The predicted octanol–water partition coefficient (Wildman–Crippen LogP) is 3.88. The molecule has 82 valence electrons. The highest BCUT2D eigenvalue weighted by Crippen LogP contribution is 2.23. The minimum absolute atomic E-state index is 0.361. The molecule has 0 aromatic heterocycles. The van der Waals surface area contributed by atoms with Crippen molar-refractivity contribution in [1.29, 1.82) is 0 Å². The molecule has 1 atom stereocenters. The highest BCUT2D eigenvalue weighted by Gasteiger charge is 2.08. The first-order valence-electron chi connectivity index (χ1n) is 5.22. The van der Waals surface area contributed by atoms with Crippen molar-refractivity contribution in [2.24, 2.45) is 0 Å². The fourth-order valence-corrected chi connectivity index (χ4v) is 2.03. The molecule has 0 amide bonds. The van der Waals surface area contributed by atoms with Gasteiger partial charge in [0.15, 0.2) is 0 Å². The summed E-state index contributed by atoms with van der Waals surface area (Å²) < 4.78 is 0. The van der Waals surface area contributed by atoms with Gasteiger partial charge in [0, 0.05) is 11.1 Å². The van der Waals surface area contributed by atoms with E-state index in [4.69, 9.17) is 11.6 Å². The number of benzene rings is 1. The molecule has 0 aliphatic rings. The fourth-order valence-electron chi connectivity index (χ4n) is 1.73. The molecule has 1 aromatic rings. The lowest BCUT2D eigenvalue weighted by Gasteiger charge is -2.16. The average molecular weight is 224 g/mol. The lowest BCUT2D eigenvalue weighted by molar-refractivity contribution is 0.554. The molecule has 1 nitrogen and oxygen atoms in total. The lowest BCUT2D eigenvalue weighted by atomic mass is 10.0. The van der Waals surface area contributed by atoms with Gasteiger partial charge in [0.1, 0.15) is 0 Å². The molecule has 0 heterocycles. The zero-order valence-corrected chi connectivity index (χ0v) is 10.1. The van der Waals surface area contributed by atoms with Crippen LogP contribution < -0.4 is 5.32 Å². The molecule has 1 unspecified atom stereocenters. The number of hydrogen-bond donors (Lipinski definition) is 1. The molecule has 2 heteroatoms. The maximum absolute atomic E-state index is 6.04. The van der Waals surface area contributed by atoms with Crippen molar-refractivity contribution < 1.29 is 0 Å². The van der Waals surface area contributed by atoms with E-state index in [1.807, 2.05) is 25.3 Å². The number of rotatable bonds is 5. The number of aryl methyl sites for hydroxylation is 1. The van der Waals surface area contributed by atoms with Crippen molar-refractivity contribution in [1.82, 2.24) is 5.32 Å². The van der Waals surface area contributed by atoms with Crippen molar-refractivity contribution >= 4 is 11.6 Å². The summed E-state index contributed by atoms with van der Waals surface area (Å²) in [5.41, 5.74) is 2.46. The van der Waals surface area contributed by atoms with E-state index in [2.05, 4.69) is 24.9 Å². The van der Waals surface area contributed by atoms with Crippen molar-refractivity contribution in [3.8, 4) is 0 Å². The Bertz CT molecular complexity index is 313. The van der Waals surface area contributed by atoms with Gasteiger partial charge in [0.2, 0.25) is 0 Å². The monoisotopic (exact) mass is 223 g/mol. The molecule has 0 spiro atoms. The van der Waals surface area contributed by atoms with Crippen LogP contribution >= 0.6 is 11.6 Å². The second kappa shape index (κ2) is 5.94. The van der Waals surface area contributed by atoms with Crippen LogP contribution in [0, 0.1) is 6.92 Å². The Morgan fingerprint density at radius 2 is 2.20 bits per heavy atom. The number of halogens is 1. The summed E-state index contributed by atoms with van der Waals surface area (Å²) in [5.74, 6) is 0. The van der Waals surface area contributed by atoms with E-state index in [0.717, 1.165) is 17.9 Å². The minimum Gasteiger partial charge on any atom is -0.313 e. The third kappa shape index (κ3) is 3.69. The standard InChI is InChI=1S/C13H18ClN/c1-4-5-6-13(15-3)11-7-10(2)8-12(14)9-11/h4,7-9,13,15H,1,5-6H2,2-3H3. The minimum atomic E-state index is 0.361. The summed E-state index contributed by atoms with van der Waals surface area (Å²) in [6.07, 6.45) is 4.01. The molecular weight excluding hydrogens is 206 g/mol. The average Bonchev–Trinajstić information content (AvgIpc) is 2.17. The van der Waals surface area contributed by atoms with Crippen molar-refractivity contribution in [3.63, 3.8) is 0 Å². The van der Waals surface area contributed by atoms with Gasteiger partial charge in [0.25, 0.3) is 0 Å². The van der Waals surface area contributed by atoms with Gasteiger partial charge < -0.3 is 5.32 Å². The number of nitrogens with one attached hydrogen (secondary N) is 1. The molecule has 1 N–H and O–H groups in total. The summed E-state index contributed by atoms with van der Waals surface area (Å²) in [6.45, 7) is 5.81. The number of hydrogen-bond acceptors (Lipinski definition) is 1. The summed E-state index contributed by atoms with van der Waals surface area (Å²) in [6, 6.07) is 6.54. The van der Waals surface area contributed by atoms with E-state index >= 15 is 0 Å². The summed E-state index contributed by atoms with van der Waals surface area (Å²) in [5, 5.41) is 4.11. The van der Waals surface area contributed by atoms with Gasteiger partial charge in [-0.3, -0.25) is 0 Å². The van der Waals surface area contributed by atoms with Crippen LogP contribution in [-0.2, 0) is 0 Å². The zero-order valence-electron chi connectivity index (χ0n) is 9.39. The smallest absolute Gasteiger partial charge is 0.0411 e. The van der Waals surface area contributed by atoms with Crippen LogP contribution in [0.2, 0.25) is 5.02 Å². The second-order valence-electron chi connectivity index (χ2n) is 3.77. The molecule has 0 aliphatic carbocycles. The molecule has 0 radical (unpaired) electrons. The summed E-state index contributed by atoms with van der Waals surface area (Å²) in [7, 11) is 1.98. The largest absolute Gasteiger partial charge is 0.313 e. The molecule has 0 saturated heterocycles. The van der Waals surface area contributed by atoms with Gasteiger partial charge in [-0.1, -0.05) is 23.7 Å². The SMILES string of the molecule is C=CCCC(NC)c1cc(C)cc(Cl)c1. The fraction of sp³-hybridized carbons (Fsp3) is 0.385. The first-order valence-corrected chi connectivity index (χ1v) is 5.60. The molecule has 0 bridgehead atoms. The van der Waals surface area contributed by atoms with Crippen molar-refractivity contribution in [3.05, 3.63) is 47.0 Å². The van der Waals surface area contributed by atoms with Crippen LogP contribution in [0.15, 0.2) is 30.9 Å². The van der Waals surface area contributed by atoms with Gasteiger partial charge in [-0.05, 0) is 50.1 Å². The van der Waals surface area contributed by atoms with Gasteiger partial charge in [-0.25, -0.2) is 0 Å². The van der Waals surface area contributed by atoms with Crippen molar-refractivity contribution in [2.75, 3.05) is 7.05 Å². The molecule has 1 aromatic carbocycles. The van der Waals surface area contributed by atoms with E-state index < -0.39 is 0 Å². The second-order valence-corrected chi connectivity index (χ2v) is 4.21. The van der Waals surface area contributed by atoms with E-state index in [-0.39, 0.29) is 0 Å². The summed E-state index contributed by atoms with van der Waals surface area (Å²) >= 11 is 6.04. The van der Waals surface area contributed by atoms with Crippen LogP contribution in [0.25, 0.3) is 0 Å². The first kappa shape index (κ1) is 12.3. The normalized spacial score (nSPS) is 12.5. The lowest BCUT2D eigenvalue weighted by Crippen LogP contribution is -2.16. The molecule has 0 aliphatic heterocycles. The predicted molar refractivity (Wildman–Crippen MR) is 67.4 cm³/mol. The quantitative estimate of drug-likeness (QED) is 0.748. The Labute approximate surface area is 97.1 Å². The van der Waals surface area contributed by atoms with Crippen LogP contribution in [0.5, 0.6) is 0 Å². The van der Waals surface area contributed by atoms with Gasteiger partial charge in [-0.15, -0.1) is 6.58 Å². The Kier molecular flexibility index (Phi) is 4.86. The maximum atomic E-state index is 6.04. The third-order valence-corrected chi connectivity index (χ3v) is 2.69. The Hall–Kier alpha value is -0.790. The van der Waals surface area contributed by atoms with Crippen LogP contribution in [0.1, 0.15) is 30.0 Å². The van der Waals surface area contributed by atoms with Gasteiger partial charge in [0.05, 0.1) is 0 Å². The number of allylic oxidation sites excluding steroid dienone is 1. The zero-order chi connectivity index (χ0) is 11.3. The topological polar surface area (TPSA) is 12.0 Å². The Morgan fingerprint density at radius 1 is 1.47 bits per heavy atom. The van der Waals surface area contributed by atoms with E-state index in [1.165, 1.54) is 11.1 Å². The first-order chi connectivity index (χ1) is 7.17. The Balaban J connectivity index is 2.85. The van der Waals surface area contributed by atoms with E-state index in [9.17, 15) is 0 Å². The highest BCUT2D eigenvalue weighted by atomic mass is 35.5. The third-order valence-electron chi connectivity index (χ3n) is 2.47. The van der Waals surface area contributed by atoms with Crippen LogP contribution in [0.3, 0.4) is 0 Å². The van der Waals surface area contributed by atoms with Gasteiger partial charge >= 0.3 is 0 Å². The van der Waals surface area contributed by atoms with Gasteiger partial charge in [-0.2, -0.15) is 0 Å². The van der Waals surface area contributed by atoms with Crippen LogP contribution in [0.4, 0.5) is 0 Å². The van der Waals surface area contributed by atoms with Crippen LogP contribution in [-0.4, -0.2) is 7.05 Å². The van der Waals surface area contributed by atoms with E-state index in [1.54, 1.807) is 0 Å². The molecule has 15 heavy (non-hydrogen) atoms.